The third-order valence-electron chi connectivity index (χ3n) is 5.41. The number of hydrogen-bond donors (Lipinski definition) is 1. The van der Waals surface area contributed by atoms with Crippen molar-refractivity contribution in [3.63, 3.8) is 0 Å². The molecule has 0 aliphatic heterocycles. The average molecular weight is 524 g/mol. The minimum absolute atomic E-state index is 0. The second kappa shape index (κ2) is 9.79. The van der Waals surface area contributed by atoms with Gasteiger partial charge in [-0.05, 0) is 59.4 Å². The molecule has 31 heavy (non-hydrogen) atoms. The third-order valence-corrected chi connectivity index (χ3v) is 5.41. The smallest absolute Gasteiger partial charge is 0.251 e. The summed E-state index contributed by atoms with van der Waals surface area (Å²) < 4.78 is 0.878. The Bertz CT molecular complexity index is 1080. The van der Waals surface area contributed by atoms with E-state index in [-0.39, 0.29) is 29.9 Å². The standard InChI is InChI=1S/C27H28N2O.HI/c1-29(2,3)19-20-9-15-26(16-10-20)28-27(30)24-14-12-22-11-13-23(17-25(22)18-24)21-7-5-4-6-8-21;/h4-11,13,15-18H,12,14,19H2,1-3H3;1H. The fourth-order valence-electron chi connectivity index (χ4n) is 3.93. The van der Waals surface area contributed by atoms with E-state index < -0.39 is 0 Å². The molecule has 3 aromatic carbocycles. The molecule has 3 aromatic rings. The van der Waals surface area contributed by atoms with Crippen molar-refractivity contribution in [1.29, 1.82) is 0 Å². The van der Waals surface area contributed by atoms with E-state index in [1.165, 1.54) is 22.3 Å². The van der Waals surface area contributed by atoms with Crippen molar-refractivity contribution < 1.29 is 33.3 Å². The highest BCUT2D eigenvalue weighted by Gasteiger charge is 2.17. The molecular weight excluding hydrogens is 495 g/mol. The second-order valence-corrected chi connectivity index (χ2v) is 9.05. The van der Waals surface area contributed by atoms with Gasteiger partial charge >= 0.3 is 0 Å². The minimum Gasteiger partial charge on any atom is -1.00 e. The van der Waals surface area contributed by atoms with Crippen LogP contribution in [0.5, 0.6) is 0 Å². The van der Waals surface area contributed by atoms with Crippen LogP contribution in [-0.2, 0) is 17.8 Å². The first-order valence-corrected chi connectivity index (χ1v) is 10.5. The Hall–Kier alpha value is -2.44. The largest absolute Gasteiger partial charge is 1.00 e. The molecule has 0 unspecified atom stereocenters. The molecule has 4 rings (SSSR count). The number of benzene rings is 3. The predicted molar refractivity (Wildman–Crippen MR) is 125 cm³/mol. The summed E-state index contributed by atoms with van der Waals surface area (Å²) in [4.78, 5) is 12.9. The Morgan fingerprint density at radius 3 is 2.26 bits per heavy atom. The van der Waals surface area contributed by atoms with Crippen LogP contribution in [0.2, 0.25) is 0 Å². The van der Waals surface area contributed by atoms with E-state index in [4.69, 9.17) is 0 Å². The first-order chi connectivity index (χ1) is 14.4. The van der Waals surface area contributed by atoms with Gasteiger partial charge in [-0.2, -0.15) is 0 Å². The number of anilines is 1. The average Bonchev–Trinajstić information content (AvgIpc) is 2.74. The maximum Gasteiger partial charge on any atom is 0.251 e. The SMILES string of the molecule is C[N+](C)(C)Cc1ccc(NC(=O)C2=Cc3cc(-c4ccccc4)ccc3CC2)cc1.[I-]. The maximum absolute atomic E-state index is 12.9. The van der Waals surface area contributed by atoms with Gasteiger partial charge in [-0.1, -0.05) is 54.6 Å². The van der Waals surface area contributed by atoms with Crippen LogP contribution in [0.4, 0.5) is 5.69 Å². The van der Waals surface area contributed by atoms with E-state index in [1.54, 1.807) is 0 Å². The lowest BCUT2D eigenvalue weighted by Crippen LogP contribution is -3.00. The van der Waals surface area contributed by atoms with Crippen molar-refractivity contribution in [2.24, 2.45) is 0 Å². The summed E-state index contributed by atoms with van der Waals surface area (Å²) in [5.41, 5.74) is 7.76. The van der Waals surface area contributed by atoms with Crippen LogP contribution in [0.25, 0.3) is 17.2 Å². The topological polar surface area (TPSA) is 29.1 Å². The minimum atomic E-state index is -0.00915. The molecule has 1 amide bonds. The van der Waals surface area contributed by atoms with Gasteiger partial charge in [-0.25, -0.2) is 0 Å². The number of quaternary nitrogens is 1. The number of hydrogen-bond acceptors (Lipinski definition) is 1. The van der Waals surface area contributed by atoms with Crippen LogP contribution in [0.15, 0.2) is 78.4 Å². The van der Waals surface area contributed by atoms with Crippen LogP contribution in [0, 0.1) is 0 Å². The Morgan fingerprint density at radius 2 is 1.58 bits per heavy atom. The van der Waals surface area contributed by atoms with Crippen molar-refractivity contribution in [2.75, 3.05) is 26.5 Å². The molecule has 0 saturated carbocycles. The van der Waals surface area contributed by atoms with Crippen molar-refractivity contribution >= 4 is 17.7 Å². The van der Waals surface area contributed by atoms with Gasteiger partial charge in [0, 0.05) is 16.8 Å². The fraction of sp³-hybridized carbons (Fsp3) is 0.222. The zero-order valence-corrected chi connectivity index (χ0v) is 20.5. The number of fused-ring (bicyclic) bond motifs is 1. The van der Waals surface area contributed by atoms with E-state index in [0.717, 1.165) is 40.7 Å². The van der Waals surface area contributed by atoms with Gasteiger partial charge < -0.3 is 33.8 Å². The summed E-state index contributed by atoms with van der Waals surface area (Å²) in [6.07, 6.45) is 3.71. The molecule has 160 valence electrons. The van der Waals surface area contributed by atoms with Crippen LogP contribution in [-0.4, -0.2) is 31.5 Å². The van der Waals surface area contributed by atoms with Crippen LogP contribution in [0.3, 0.4) is 0 Å². The molecule has 1 N–H and O–H groups in total. The van der Waals surface area contributed by atoms with Gasteiger partial charge in [0.15, 0.2) is 0 Å². The van der Waals surface area contributed by atoms with Crippen molar-refractivity contribution in [3.05, 3.63) is 95.1 Å². The highest BCUT2D eigenvalue weighted by molar-refractivity contribution is 6.07. The lowest BCUT2D eigenvalue weighted by molar-refractivity contribution is -0.884. The van der Waals surface area contributed by atoms with Gasteiger partial charge in [-0.3, -0.25) is 4.79 Å². The monoisotopic (exact) mass is 524 g/mol. The van der Waals surface area contributed by atoms with Crippen molar-refractivity contribution in [3.8, 4) is 11.1 Å². The molecule has 0 radical (unpaired) electrons. The fourth-order valence-corrected chi connectivity index (χ4v) is 3.93. The van der Waals surface area contributed by atoms with E-state index in [9.17, 15) is 4.79 Å². The van der Waals surface area contributed by atoms with Crippen LogP contribution < -0.4 is 29.3 Å². The maximum atomic E-state index is 12.9. The Morgan fingerprint density at radius 1 is 0.871 bits per heavy atom. The van der Waals surface area contributed by atoms with Gasteiger partial charge in [0.25, 0.3) is 5.91 Å². The summed E-state index contributed by atoms with van der Waals surface area (Å²) in [7, 11) is 6.52. The van der Waals surface area contributed by atoms with Gasteiger partial charge in [-0.15, -0.1) is 0 Å². The summed E-state index contributed by atoms with van der Waals surface area (Å²) in [6.45, 7) is 0.958. The molecule has 1 aliphatic carbocycles. The normalized spacial score (nSPS) is 12.9. The molecule has 0 fully saturated rings. The molecule has 0 atom stereocenters. The molecule has 0 aromatic heterocycles. The highest BCUT2D eigenvalue weighted by Crippen LogP contribution is 2.29. The zero-order valence-electron chi connectivity index (χ0n) is 18.4. The lowest BCUT2D eigenvalue weighted by atomic mass is 9.89. The Kier molecular flexibility index (Phi) is 7.34. The van der Waals surface area contributed by atoms with Crippen LogP contribution >= 0.6 is 0 Å². The first kappa shape index (κ1) is 23.2. The number of carbonyl (C=O) groups is 1. The van der Waals surface area contributed by atoms with E-state index in [2.05, 4.69) is 81.1 Å². The lowest BCUT2D eigenvalue weighted by Gasteiger charge is -2.24. The molecular formula is C27H29IN2O. The predicted octanol–water partition coefficient (Wildman–Crippen LogP) is 2.53. The number of carbonyl (C=O) groups excluding carboxylic acids is 1. The quantitative estimate of drug-likeness (QED) is 0.404. The number of nitrogens with one attached hydrogen (secondary N) is 1. The molecule has 4 heteroatoms. The third kappa shape index (κ3) is 6.05. The highest BCUT2D eigenvalue weighted by atomic mass is 127. The number of halogens is 1. The van der Waals surface area contributed by atoms with E-state index in [0.29, 0.717) is 0 Å². The van der Waals surface area contributed by atoms with Gasteiger partial charge in [0.05, 0.1) is 21.1 Å². The molecule has 1 aliphatic rings. The number of aryl methyl sites for hydroxylation is 1. The van der Waals surface area contributed by atoms with Crippen LogP contribution in [0.1, 0.15) is 23.1 Å². The Labute approximate surface area is 202 Å². The molecule has 0 heterocycles. The summed E-state index contributed by atoms with van der Waals surface area (Å²) in [5.74, 6) is -0.00915. The molecule has 3 nitrogen and oxygen atoms in total. The molecule has 0 bridgehead atoms. The molecule has 0 saturated heterocycles. The number of amides is 1. The zero-order chi connectivity index (χ0) is 21.1. The second-order valence-electron chi connectivity index (χ2n) is 9.05. The number of nitrogens with zero attached hydrogens (tertiary/aromatic N) is 1. The van der Waals surface area contributed by atoms with Gasteiger partial charge in [0.2, 0.25) is 0 Å². The Balaban J connectivity index is 0.00000272. The first-order valence-electron chi connectivity index (χ1n) is 10.5. The van der Waals surface area contributed by atoms with E-state index in [1.807, 2.05) is 24.3 Å². The van der Waals surface area contributed by atoms with E-state index >= 15 is 0 Å². The van der Waals surface area contributed by atoms with Gasteiger partial charge in [0.1, 0.15) is 6.54 Å². The van der Waals surface area contributed by atoms with Crippen molar-refractivity contribution in [2.45, 2.75) is 19.4 Å². The summed E-state index contributed by atoms with van der Waals surface area (Å²) >= 11 is 0. The molecule has 0 spiro atoms. The summed E-state index contributed by atoms with van der Waals surface area (Å²) in [5, 5.41) is 3.07. The number of rotatable bonds is 5. The summed E-state index contributed by atoms with van der Waals surface area (Å²) in [6, 6.07) is 25.1. The van der Waals surface area contributed by atoms with Crippen molar-refractivity contribution in [1.82, 2.24) is 0 Å².